The fourth-order valence-electron chi connectivity index (χ4n) is 0.984. The fourth-order valence-corrected chi connectivity index (χ4v) is 1.86. The van der Waals surface area contributed by atoms with Gasteiger partial charge in [0.2, 0.25) is 0 Å². The Labute approximate surface area is 95.8 Å². The lowest BCUT2D eigenvalue weighted by molar-refractivity contribution is -0.142. The lowest BCUT2D eigenvalue weighted by Crippen LogP contribution is -2.40. The molecule has 2 N–H and O–H groups in total. The number of rotatable bonds is 8. The Bertz CT molecular complexity index is 178. The average Bonchev–Trinajstić information content (AvgIpc) is 2.27. The van der Waals surface area contributed by atoms with E-state index in [1.54, 1.807) is 11.8 Å². The van der Waals surface area contributed by atoms with E-state index in [2.05, 4.69) is 5.32 Å². The Morgan fingerprint density at radius 2 is 2.27 bits per heavy atom. The van der Waals surface area contributed by atoms with E-state index in [-0.39, 0.29) is 23.9 Å². The largest absolute Gasteiger partial charge is 0.468 e. The number of hydrogen-bond donors (Lipinski definition) is 2. The van der Waals surface area contributed by atoms with Crippen LogP contribution in [0.2, 0.25) is 0 Å². The van der Waals surface area contributed by atoms with E-state index in [0.717, 1.165) is 13.0 Å². The summed E-state index contributed by atoms with van der Waals surface area (Å²) in [6.07, 6.45) is 0.980. The van der Waals surface area contributed by atoms with Crippen molar-refractivity contribution in [2.45, 2.75) is 31.6 Å². The molecule has 0 amide bonds. The van der Waals surface area contributed by atoms with Crippen LogP contribution in [0.4, 0.5) is 0 Å². The third kappa shape index (κ3) is 6.76. The van der Waals surface area contributed by atoms with Gasteiger partial charge in [0, 0.05) is 11.0 Å². The van der Waals surface area contributed by atoms with Crippen LogP contribution in [0, 0.1) is 0 Å². The lowest BCUT2D eigenvalue weighted by atomic mass is 10.3. The molecule has 0 heterocycles. The molecule has 0 aromatic heterocycles. The maximum absolute atomic E-state index is 11.4. The molecule has 2 atom stereocenters. The molecule has 0 radical (unpaired) electrons. The third-order valence-corrected chi connectivity index (χ3v) is 3.17. The van der Waals surface area contributed by atoms with Crippen molar-refractivity contribution >= 4 is 17.7 Å². The Hall–Kier alpha value is -0.260. The zero-order chi connectivity index (χ0) is 11.7. The van der Waals surface area contributed by atoms with Crippen molar-refractivity contribution in [3.8, 4) is 0 Å². The smallest absolute Gasteiger partial charge is 0.323 e. The second-order valence-corrected chi connectivity index (χ2v) is 4.83. The number of carbonyl (C=O) groups excluding carboxylic acids is 1. The van der Waals surface area contributed by atoms with Gasteiger partial charge in [-0.25, -0.2) is 0 Å². The number of nitrogens with one attached hydrogen (secondary N) is 1. The summed E-state index contributed by atoms with van der Waals surface area (Å²) in [5, 5.41) is 12.1. The van der Waals surface area contributed by atoms with Gasteiger partial charge in [-0.15, -0.1) is 0 Å². The van der Waals surface area contributed by atoms with Crippen LogP contribution in [0.3, 0.4) is 0 Å². The van der Waals surface area contributed by atoms with Gasteiger partial charge in [0.1, 0.15) is 6.04 Å². The summed E-state index contributed by atoms with van der Waals surface area (Å²) in [5.74, 6) is 0.398. The third-order valence-electron chi connectivity index (χ3n) is 1.93. The highest BCUT2D eigenvalue weighted by Crippen LogP contribution is 2.11. The molecule has 0 aromatic carbocycles. The summed E-state index contributed by atoms with van der Waals surface area (Å²) in [7, 11) is 1.39. The molecule has 0 saturated heterocycles. The van der Waals surface area contributed by atoms with Gasteiger partial charge in [0.15, 0.2) is 0 Å². The number of methoxy groups -OCH3 is 1. The second-order valence-electron chi connectivity index (χ2n) is 3.36. The van der Waals surface area contributed by atoms with E-state index in [1.807, 2.05) is 13.8 Å². The van der Waals surface area contributed by atoms with Gasteiger partial charge in [-0.1, -0.05) is 13.8 Å². The van der Waals surface area contributed by atoms with Gasteiger partial charge in [0.25, 0.3) is 0 Å². The summed E-state index contributed by atoms with van der Waals surface area (Å²) >= 11 is 1.57. The minimum Gasteiger partial charge on any atom is -0.468 e. The predicted octanol–water partition coefficient (Wildman–Crippen LogP) is 0.642. The van der Waals surface area contributed by atoms with E-state index >= 15 is 0 Å². The molecule has 15 heavy (non-hydrogen) atoms. The van der Waals surface area contributed by atoms with E-state index in [1.165, 1.54) is 7.11 Å². The van der Waals surface area contributed by atoms with E-state index in [0.29, 0.717) is 5.75 Å². The normalized spacial score (nSPS) is 14.7. The number of thioether (sulfide) groups is 1. The summed E-state index contributed by atoms with van der Waals surface area (Å²) in [4.78, 5) is 11.4. The molecule has 0 aliphatic rings. The van der Waals surface area contributed by atoms with Gasteiger partial charge < -0.3 is 15.2 Å². The number of hydrogen-bond acceptors (Lipinski definition) is 5. The van der Waals surface area contributed by atoms with Crippen LogP contribution in [0.25, 0.3) is 0 Å². The van der Waals surface area contributed by atoms with Gasteiger partial charge in [-0.3, -0.25) is 4.79 Å². The molecule has 2 unspecified atom stereocenters. The molecule has 0 aliphatic carbocycles. The Balaban J connectivity index is 3.95. The van der Waals surface area contributed by atoms with Gasteiger partial charge in [-0.2, -0.15) is 11.8 Å². The lowest BCUT2D eigenvalue weighted by Gasteiger charge is -2.17. The summed E-state index contributed by atoms with van der Waals surface area (Å²) in [6, 6.07) is -0.269. The molecule has 4 nitrogen and oxygen atoms in total. The molecule has 0 bridgehead atoms. The topological polar surface area (TPSA) is 58.6 Å². The van der Waals surface area contributed by atoms with Crippen LogP contribution in [0.1, 0.15) is 20.3 Å². The molecule has 90 valence electrons. The van der Waals surface area contributed by atoms with Crippen molar-refractivity contribution in [1.82, 2.24) is 5.32 Å². The number of carbonyl (C=O) groups is 1. The summed E-state index contributed by atoms with van der Waals surface area (Å²) in [6.45, 7) is 4.91. The first-order valence-electron chi connectivity index (χ1n) is 5.19. The van der Waals surface area contributed by atoms with Gasteiger partial charge >= 0.3 is 5.97 Å². The van der Waals surface area contributed by atoms with Crippen molar-refractivity contribution in [3.63, 3.8) is 0 Å². The molecule has 0 spiro atoms. The van der Waals surface area contributed by atoms with Crippen LogP contribution >= 0.6 is 11.8 Å². The first kappa shape index (κ1) is 14.7. The standard InChI is InChI=1S/C10H21NO3S/c1-4-5-11-9(10(13)14-3)7-15-8(2)6-12/h8-9,11-12H,4-7H2,1-3H3. The second kappa shape index (κ2) is 9.00. The molecule has 5 heteroatoms. The molecule has 0 rings (SSSR count). The summed E-state index contributed by atoms with van der Waals surface area (Å²) in [5.41, 5.74) is 0. The highest BCUT2D eigenvalue weighted by Gasteiger charge is 2.18. The molecule has 0 saturated carbocycles. The minimum absolute atomic E-state index is 0.131. The highest BCUT2D eigenvalue weighted by atomic mass is 32.2. The van der Waals surface area contributed by atoms with Crippen molar-refractivity contribution in [3.05, 3.63) is 0 Å². The van der Waals surface area contributed by atoms with Crippen molar-refractivity contribution < 1.29 is 14.6 Å². The van der Waals surface area contributed by atoms with Gasteiger partial charge in [-0.05, 0) is 13.0 Å². The van der Waals surface area contributed by atoms with Gasteiger partial charge in [0.05, 0.1) is 13.7 Å². The Morgan fingerprint density at radius 3 is 2.73 bits per heavy atom. The fraction of sp³-hybridized carbons (Fsp3) is 0.900. The maximum atomic E-state index is 11.4. The SMILES string of the molecule is CCCNC(CSC(C)CO)C(=O)OC. The average molecular weight is 235 g/mol. The monoisotopic (exact) mass is 235 g/mol. The first-order valence-corrected chi connectivity index (χ1v) is 6.24. The van der Waals surface area contributed by atoms with Crippen LogP contribution in [-0.4, -0.2) is 48.4 Å². The van der Waals surface area contributed by atoms with E-state index in [4.69, 9.17) is 9.84 Å². The van der Waals surface area contributed by atoms with Crippen LogP contribution < -0.4 is 5.32 Å². The molecule has 0 aliphatic heterocycles. The van der Waals surface area contributed by atoms with Crippen molar-refractivity contribution in [2.75, 3.05) is 26.0 Å². The first-order chi connectivity index (χ1) is 7.15. The molecular formula is C10H21NO3S. The predicted molar refractivity (Wildman–Crippen MR) is 63.1 cm³/mol. The zero-order valence-electron chi connectivity index (χ0n) is 9.66. The number of ether oxygens (including phenoxy) is 1. The minimum atomic E-state index is -0.269. The van der Waals surface area contributed by atoms with Crippen LogP contribution in [0.5, 0.6) is 0 Å². The molecule has 0 fully saturated rings. The Kier molecular flexibility index (Phi) is 8.85. The van der Waals surface area contributed by atoms with Crippen LogP contribution in [-0.2, 0) is 9.53 Å². The number of aliphatic hydroxyl groups excluding tert-OH is 1. The van der Waals surface area contributed by atoms with E-state index in [9.17, 15) is 4.79 Å². The highest BCUT2D eigenvalue weighted by molar-refractivity contribution is 7.99. The molecule has 0 aromatic rings. The zero-order valence-corrected chi connectivity index (χ0v) is 10.5. The quantitative estimate of drug-likeness (QED) is 0.605. The van der Waals surface area contributed by atoms with Crippen molar-refractivity contribution in [2.24, 2.45) is 0 Å². The van der Waals surface area contributed by atoms with Crippen molar-refractivity contribution in [1.29, 1.82) is 0 Å². The molecular weight excluding hydrogens is 214 g/mol. The number of esters is 1. The Morgan fingerprint density at radius 1 is 1.60 bits per heavy atom. The maximum Gasteiger partial charge on any atom is 0.323 e. The summed E-state index contributed by atoms with van der Waals surface area (Å²) < 4.78 is 4.70. The number of aliphatic hydroxyl groups is 1. The van der Waals surface area contributed by atoms with Crippen LogP contribution in [0.15, 0.2) is 0 Å². The van der Waals surface area contributed by atoms with E-state index < -0.39 is 0 Å².